The third kappa shape index (κ3) is 2.97. The van der Waals surface area contributed by atoms with Crippen LogP contribution in [0.5, 0.6) is 5.75 Å². The first-order valence-corrected chi connectivity index (χ1v) is 7.42. The molecule has 0 radical (unpaired) electrons. The molecule has 0 fully saturated rings. The molecule has 0 unspecified atom stereocenters. The maximum Gasteiger partial charge on any atom is 0.341 e. The molecule has 25 heavy (non-hydrogen) atoms. The van der Waals surface area contributed by atoms with E-state index in [2.05, 4.69) is 0 Å². The van der Waals surface area contributed by atoms with Crippen molar-refractivity contribution in [3.63, 3.8) is 0 Å². The Labute approximate surface area is 143 Å². The Morgan fingerprint density at radius 3 is 2.20 bits per heavy atom. The Morgan fingerprint density at radius 1 is 1.00 bits per heavy atom. The van der Waals surface area contributed by atoms with E-state index in [0.717, 1.165) is 5.06 Å². The fourth-order valence-electron chi connectivity index (χ4n) is 2.54. The molecule has 0 saturated heterocycles. The van der Waals surface area contributed by atoms with Gasteiger partial charge in [-0.15, -0.1) is 5.06 Å². The molecule has 0 saturated carbocycles. The molecular weight excluding hydrogens is 326 g/mol. The van der Waals surface area contributed by atoms with E-state index >= 15 is 0 Å². The Kier molecular flexibility index (Phi) is 4.49. The van der Waals surface area contributed by atoms with Crippen LogP contribution >= 0.6 is 0 Å². The van der Waals surface area contributed by atoms with E-state index in [1.54, 1.807) is 36.4 Å². The van der Waals surface area contributed by atoms with Crippen molar-refractivity contribution < 1.29 is 28.7 Å². The van der Waals surface area contributed by atoms with Crippen LogP contribution < -0.4 is 4.74 Å². The summed E-state index contributed by atoms with van der Waals surface area (Å²) in [6.45, 7) is -0.0700. The SMILES string of the molecule is COC(=O)c1cc(CON2C(=O)c3ccccc3C2=O)ccc1OC. The van der Waals surface area contributed by atoms with Gasteiger partial charge in [-0.05, 0) is 29.8 Å². The van der Waals surface area contributed by atoms with Gasteiger partial charge >= 0.3 is 5.97 Å². The van der Waals surface area contributed by atoms with Gasteiger partial charge in [-0.3, -0.25) is 14.4 Å². The van der Waals surface area contributed by atoms with Gasteiger partial charge in [0.15, 0.2) is 0 Å². The highest BCUT2D eigenvalue weighted by Gasteiger charge is 2.36. The van der Waals surface area contributed by atoms with Crippen molar-refractivity contribution in [2.45, 2.75) is 6.61 Å². The highest BCUT2D eigenvalue weighted by atomic mass is 16.7. The molecule has 2 aromatic carbocycles. The quantitative estimate of drug-likeness (QED) is 0.612. The summed E-state index contributed by atoms with van der Waals surface area (Å²) in [5, 5.41) is 0.729. The predicted molar refractivity (Wildman–Crippen MR) is 86.1 cm³/mol. The zero-order valence-electron chi connectivity index (χ0n) is 13.6. The number of fused-ring (bicyclic) bond motifs is 1. The lowest BCUT2D eigenvalue weighted by Crippen LogP contribution is -2.29. The van der Waals surface area contributed by atoms with Gasteiger partial charge in [-0.2, -0.15) is 0 Å². The van der Waals surface area contributed by atoms with E-state index in [9.17, 15) is 14.4 Å². The summed E-state index contributed by atoms with van der Waals surface area (Å²) in [5.74, 6) is -1.22. The van der Waals surface area contributed by atoms with Crippen molar-refractivity contribution in [1.82, 2.24) is 5.06 Å². The summed E-state index contributed by atoms with van der Waals surface area (Å²) in [4.78, 5) is 41.6. The summed E-state index contributed by atoms with van der Waals surface area (Å²) in [6, 6.07) is 11.3. The summed E-state index contributed by atoms with van der Waals surface area (Å²) >= 11 is 0. The molecule has 3 rings (SSSR count). The summed E-state index contributed by atoms with van der Waals surface area (Å²) < 4.78 is 9.83. The van der Waals surface area contributed by atoms with E-state index < -0.39 is 17.8 Å². The third-order valence-electron chi connectivity index (χ3n) is 3.79. The minimum absolute atomic E-state index is 0.0700. The van der Waals surface area contributed by atoms with Gasteiger partial charge in [-0.1, -0.05) is 18.2 Å². The number of rotatable bonds is 5. The lowest BCUT2D eigenvalue weighted by atomic mass is 10.1. The van der Waals surface area contributed by atoms with Gasteiger partial charge in [-0.25, -0.2) is 4.79 Å². The number of methoxy groups -OCH3 is 2. The molecule has 1 heterocycles. The Balaban J connectivity index is 1.78. The standard InChI is InChI=1S/C18H15NO6/c1-23-15-8-7-11(9-14(15)18(22)24-2)10-25-19-16(20)12-5-3-4-6-13(12)17(19)21/h3-9H,10H2,1-2H3. The van der Waals surface area contributed by atoms with E-state index in [1.807, 2.05) is 0 Å². The molecule has 0 N–H and O–H groups in total. The molecule has 0 bridgehead atoms. The molecular formula is C18H15NO6. The van der Waals surface area contributed by atoms with Gasteiger partial charge in [0.1, 0.15) is 17.9 Å². The van der Waals surface area contributed by atoms with Crippen molar-refractivity contribution in [3.05, 3.63) is 64.7 Å². The van der Waals surface area contributed by atoms with Crippen LogP contribution in [0.15, 0.2) is 42.5 Å². The Bertz CT molecular complexity index is 825. The molecule has 7 nitrogen and oxygen atoms in total. The van der Waals surface area contributed by atoms with Gasteiger partial charge < -0.3 is 9.47 Å². The third-order valence-corrected chi connectivity index (χ3v) is 3.79. The highest BCUT2D eigenvalue weighted by Crippen LogP contribution is 2.25. The average molecular weight is 341 g/mol. The minimum Gasteiger partial charge on any atom is -0.496 e. The number of benzene rings is 2. The number of carbonyl (C=O) groups excluding carboxylic acids is 3. The number of esters is 1. The van der Waals surface area contributed by atoms with Gasteiger partial charge in [0, 0.05) is 0 Å². The predicted octanol–water partition coefficient (Wildman–Crippen LogP) is 2.21. The first kappa shape index (κ1) is 16.7. The van der Waals surface area contributed by atoms with Crippen LogP contribution in [0.4, 0.5) is 0 Å². The second kappa shape index (κ2) is 6.74. The molecule has 2 aromatic rings. The van der Waals surface area contributed by atoms with Gasteiger partial charge in [0.25, 0.3) is 11.8 Å². The maximum atomic E-state index is 12.2. The highest BCUT2D eigenvalue weighted by molar-refractivity contribution is 6.20. The van der Waals surface area contributed by atoms with Crippen LogP contribution in [0, 0.1) is 0 Å². The van der Waals surface area contributed by atoms with Gasteiger partial charge in [0.2, 0.25) is 0 Å². The molecule has 0 aliphatic carbocycles. The van der Waals surface area contributed by atoms with E-state index in [0.29, 0.717) is 22.4 Å². The number of ether oxygens (including phenoxy) is 2. The zero-order chi connectivity index (χ0) is 18.0. The first-order valence-electron chi connectivity index (χ1n) is 7.42. The largest absolute Gasteiger partial charge is 0.496 e. The molecule has 0 atom stereocenters. The summed E-state index contributed by atoms with van der Waals surface area (Å²) in [7, 11) is 2.71. The Morgan fingerprint density at radius 2 is 1.64 bits per heavy atom. The normalized spacial score (nSPS) is 13.0. The molecule has 1 aliphatic heterocycles. The molecule has 1 aliphatic rings. The topological polar surface area (TPSA) is 82.1 Å². The van der Waals surface area contributed by atoms with Crippen molar-refractivity contribution >= 4 is 17.8 Å². The van der Waals surface area contributed by atoms with Crippen LogP contribution in [-0.4, -0.2) is 37.1 Å². The lowest BCUT2D eigenvalue weighted by molar-refractivity contribution is -0.101. The van der Waals surface area contributed by atoms with E-state index in [4.69, 9.17) is 14.3 Å². The average Bonchev–Trinajstić information content (AvgIpc) is 2.90. The monoisotopic (exact) mass is 341 g/mol. The molecule has 128 valence electrons. The molecule has 7 heteroatoms. The second-order valence-corrected chi connectivity index (χ2v) is 5.25. The number of hydrogen-bond acceptors (Lipinski definition) is 6. The molecule has 2 amide bonds. The first-order chi connectivity index (χ1) is 12.1. The fraction of sp³-hybridized carbons (Fsp3) is 0.167. The van der Waals surface area contributed by atoms with Crippen molar-refractivity contribution in [3.8, 4) is 5.75 Å². The minimum atomic E-state index is -0.556. The zero-order valence-corrected chi connectivity index (χ0v) is 13.6. The number of hydrogen-bond donors (Lipinski definition) is 0. The number of imide groups is 1. The summed E-state index contributed by atoms with van der Waals surface area (Å²) in [6.07, 6.45) is 0. The van der Waals surface area contributed by atoms with Crippen LogP contribution in [0.25, 0.3) is 0 Å². The van der Waals surface area contributed by atoms with Crippen LogP contribution in [0.1, 0.15) is 36.6 Å². The van der Waals surface area contributed by atoms with Crippen molar-refractivity contribution in [2.24, 2.45) is 0 Å². The van der Waals surface area contributed by atoms with E-state index in [-0.39, 0.29) is 12.2 Å². The molecule has 0 aromatic heterocycles. The smallest absolute Gasteiger partial charge is 0.341 e. The number of amides is 2. The van der Waals surface area contributed by atoms with Crippen LogP contribution in [0.3, 0.4) is 0 Å². The number of carbonyl (C=O) groups is 3. The van der Waals surface area contributed by atoms with Gasteiger partial charge in [0.05, 0.1) is 25.3 Å². The Hall–Kier alpha value is -3.19. The van der Waals surface area contributed by atoms with Crippen molar-refractivity contribution in [2.75, 3.05) is 14.2 Å². The number of hydroxylamine groups is 2. The van der Waals surface area contributed by atoms with Crippen LogP contribution in [-0.2, 0) is 16.2 Å². The van der Waals surface area contributed by atoms with Crippen LogP contribution in [0.2, 0.25) is 0 Å². The van der Waals surface area contributed by atoms with E-state index in [1.165, 1.54) is 20.3 Å². The maximum absolute atomic E-state index is 12.2. The lowest BCUT2D eigenvalue weighted by Gasteiger charge is -2.14. The van der Waals surface area contributed by atoms with Crippen molar-refractivity contribution in [1.29, 1.82) is 0 Å². The second-order valence-electron chi connectivity index (χ2n) is 5.25. The summed E-state index contributed by atoms with van der Waals surface area (Å²) in [5.41, 5.74) is 1.42. The number of nitrogens with zero attached hydrogens (tertiary/aromatic N) is 1. The fourth-order valence-corrected chi connectivity index (χ4v) is 2.54. The molecule has 0 spiro atoms.